The molecular weight excluding hydrogens is 124 g/mol. The van der Waals surface area contributed by atoms with Gasteiger partial charge in [0.2, 0.25) is 0 Å². The topological polar surface area (TPSA) is 38.0 Å². The van der Waals surface area contributed by atoms with Crippen molar-refractivity contribution in [2.45, 2.75) is 32.6 Å². The second-order valence-corrected chi connectivity index (χ2v) is 2.35. The monoisotopic (exact) mass is 146 g/mol. The Kier molecular flexibility index (Phi) is 20.1. The first kappa shape index (κ1) is 12.6. The largest absolute Gasteiger partial charge is 0.330 e. The van der Waals surface area contributed by atoms with Gasteiger partial charge >= 0.3 is 0 Å². The van der Waals surface area contributed by atoms with Crippen molar-refractivity contribution in [2.24, 2.45) is 5.73 Å². The predicted molar refractivity (Wildman–Crippen MR) is 48.2 cm³/mol. The Hall–Kier alpha value is -0.0800. The lowest BCUT2D eigenvalue weighted by molar-refractivity contribution is 0.674. The van der Waals surface area contributed by atoms with Crippen LogP contribution in [0.25, 0.3) is 0 Å². The lowest BCUT2D eigenvalue weighted by Gasteiger charge is -1.90. The molecule has 0 bridgehead atoms. The van der Waals surface area contributed by atoms with Crippen molar-refractivity contribution in [3.8, 4) is 0 Å². The van der Waals surface area contributed by atoms with Crippen molar-refractivity contribution in [2.75, 3.05) is 20.6 Å². The van der Waals surface area contributed by atoms with Gasteiger partial charge in [0.25, 0.3) is 0 Å². The van der Waals surface area contributed by atoms with Crippen LogP contribution < -0.4 is 11.1 Å². The van der Waals surface area contributed by atoms with Crippen molar-refractivity contribution in [3.63, 3.8) is 0 Å². The summed E-state index contributed by atoms with van der Waals surface area (Å²) in [6, 6.07) is 0. The summed E-state index contributed by atoms with van der Waals surface area (Å²) in [4.78, 5) is 0. The van der Waals surface area contributed by atoms with Crippen LogP contribution >= 0.6 is 0 Å². The quantitative estimate of drug-likeness (QED) is 0.588. The van der Waals surface area contributed by atoms with E-state index < -0.39 is 0 Å². The molecule has 0 aromatic carbocycles. The molecule has 0 aliphatic heterocycles. The van der Waals surface area contributed by atoms with Gasteiger partial charge in [-0.2, -0.15) is 0 Å². The van der Waals surface area contributed by atoms with Crippen LogP contribution in [0.15, 0.2) is 0 Å². The zero-order chi connectivity index (χ0) is 8.24. The molecule has 2 heteroatoms. The van der Waals surface area contributed by atoms with E-state index in [4.69, 9.17) is 5.73 Å². The lowest BCUT2D eigenvalue weighted by atomic mass is 10.2. The Balaban J connectivity index is 0. The van der Waals surface area contributed by atoms with E-state index in [0.29, 0.717) is 0 Å². The molecule has 0 aliphatic carbocycles. The van der Waals surface area contributed by atoms with Gasteiger partial charge < -0.3 is 11.1 Å². The summed E-state index contributed by atoms with van der Waals surface area (Å²) in [5.74, 6) is 0. The summed E-state index contributed by atoms with van der Waals surface area (Å²) < 4.78 is 0. The van der Waals surface area contributed by atoms with Gasteiger partial charge in [0, 0.05) is 0 Å². The Labute approximate surface area is 65.2 Å². The molecule has 10 heavy (non-hydrogen) atoms. The third-order valence-electron chi connectivity index (χ3n) is 1.06. The van der Waals surface area contributed by atoms with Gasteiger partial charge in [-0.1, -0.05) is 26.2 Å². The highest BCUT2D eigenvalue weighted by Gasteiger charge is 1.80. The molecule has 0 aromatic rings. The molecule has 64 valence electrons. The molecule has 0 rings (SSSR count). The first-order valence-corrected chi connectivity index (χ1v) is 4.12. The van der Waals surface area contributed by atoms with Crippen molar-refractivity contribution in [1.82, 2.24) is 5.32 Å². The molecule has 0 atom stereocenters. The number of hydrogen-bond donors (Lipinski definition) is 2. The van der Waals surface area contributed by atoms with Crippen LogP contribution in [-0.4, -0.2) is 20.6 Å². The molecule has 0 radical (unpaired) electrons. The van der Waals surface area contributed by atoms with Crippen molar-refractivity contribution in [3.05, 3.63) is 0 Å². The summed E-state index contributed by atoms with van der Waals surface area (Å²) in [7, 11) is 3.75. The van der Waals surface area contributed by atoms with Crippen LogP contribution in [0.5, 0.6) is 0 Å². The summed E-state index contributed by atoms with van der Waals surface area (Å²) in [5.41, 5.74) is 5.27. The van der Waals surface area contributed by atoms with Crippen LogP contribution in [0.3, 0.4) is 0 Å². The first-order valence-electron chi connectivity index (χ1n) is 4.12. The van der Waals surface area contributed by atoms with E-state index in [1.165, 1.54) is 25.7 Å². The first-order chi connectivity index (χ1) is 4.83. The molecule has 0 aromatic heterocycles. The molecule has 0 heterocycles. The Morgan fingerprint density at radius 2 is 1.60 bits per heavy atom. The van der Waals surface area contributed by atoms with E-state index in [2.05, 4.69) is 12.2 Å². The number of nitrogens with two attached hydrogens (primary N) is 1. The molecule has 2 nitrogen and oxygen atoms in total. The maximum Gasteiger partial charge on any atom is -0.00773 e. The fourth-order valence-corrected chi connectivity index (χ4v) is 0.571. The van der Waals surface area contributed by atoms with E-state index in [1.54, 1.807) is 0 Å². The van der Waals surface area contributed by atoms with Gasteiger partial charge in [-0.3, -0.25) is 0 Å². The maximum absolute atomic E-state index is 5.27. The van der Waals surface area contributed by atoms with Gasteiger partial charge in [-0.05, 0) is 27.1 Å². The fraction of sp³-hybridized carbons (Fsp3) is 1.00. The molecule has 0 aliphatic rings. The minimum Gasteiger partial charge on any atom is -0.330 e. The predicted octanol–water partition coefficient (Wildman–Crippen LogP) is 1.36. The summed E-state index contributed by atoms with van der Waals surface area (Å²) in [6.45, 7) is 3.07. The molecule has 0 fully saturated rings. The second kappa shape index (κ2) is 16.0. The van der Waals surface area contributed by atoms with Gasteiger partial charge in [-0.25, -0.2) is 0 Å². The SMILES string of the molecule is CCCCCCN.CNC. The fourth-order valence-electron chi connectivity index (χ4n) is 0.571. The second-order valence-electron chi connectivity index (χ2n) is 2.35. The van der Waals surface area contributed by atoms with Crippen molar-refractivity contribution in [1.29, 1.82) is 0 Å². The van der Waals surface area contributed by atoms with E-state index in [1.807, 2.05) is 14.1 Å². The minimum atomic E-state index is 0.861. The van der Waals surface area contributed by atoms with Crippen molar-refractivity contribution >= 4 is 0 Å². The highest BCUT2D eigenvalue weighted by molar-refractivity contribution is 4.38. The standard InChI is InChI=1S/C6H15N.C2H7N/c1-2-3-4-5-6-7;1-3-2/h2-7H2,1H3;3H,1-2H3. The van der Waals surface area contributed by atoms with Crippen LogP contribution in [0.4, 0.5) is 0 Å². The molecular formula is C8H22N2. The molecule has 0 saturated heterocycles. The third-order valence-corrected chi connectivity index (χ3v) is 1.06. The van der Waals surface area contributed by atoms with E-state index in [-0.39, 0.29) is 0 Å². The van der Waals surface area contributed by atoms with Crippen LogP contribution in [-0.2, 0) is 0 Å². The molecule has 0 unspecified atom stereocenters. The van der Waals surface area contributed by atoms with E-state index in [0.717, 1.165) is 6.54 Å². The van der Waals surface area contributed by atoms with Crippen LogP contribution in [0, 0.1) is 0 Å². The average molecular weight is 146 g/mol. The van der Waals surface area contributed by atoms with Gasteiger partial charge in [-0.15, -0.1) is 0 Å². The van der Waals surface area contributed by atoms with Crippen LogP contribution in [0.2, 0.25) is 0 Å². The Bertz CT molecular complexity index is 34.2. The maximum atomic E-state index is 5.27. The smallest absolute Gasteiger partial charge is 0.00773 e. The molecule has 0 spiro atoms. The van der Waals surface area contributed by atoms with Gasteiger partial charge in [0.05, 0.1) is 0 Å². The molecule has 0 amide bonds. The normalized spacial score (nSPS) is 8.40. The van der Waals surface area contributed by atoms with Gasteiger partial charge in [0.1, 0.15) is 0 Å². The number of rotatable bonds is 4. The Morgan fingerprint density at radius 3 is 1.90 bits per heavy atom. The summed E-state index contributed by atoms with van der Waals surface area (Å²) in [5, 5.41) is 2.75. The minimum absolute atomic E-state index is 0.861. The third kappa shape index (κ3) is 24.7. The summed E-state index contributed by atoms with van der Waals surface area (Å²) >= 11 is 0. The number of hydrogen-bond acceptors (Lipinski definition) is 2. The van der Waals surface area contributed by atoms with Crippen LogP contribution in [0.1, 0.15) is 32.6 Å². The Morgan fingerprint density at radius 1 is 1.10 bits per heavy atom. The van der Waals surface area contributed by atoms with E-state index in [9.17, 15) is 0 Å². The van der Waals surface area contributed by atoms with E-state index >= 15 is 0 Å². The zero-order valence-electron chi connectivity index (χ0n) is 7.61. The number of nitrogens with one attached hydrogen (secondary N) is 1. The average Bonchev–Trinajstić information content (AvgIpc) is 1.91. The van der Waals surface area contributed by atoms with Gasteiger partial charge in [0.15, 0.2) is 0 Å². The lowest BCUT2D eigenvalue weighted by Crippen LogP contribution is -1.97. The number of unbranched alkanes of at least 4 members (excludes halogenated alkanes) is 3. The highest BCUT2D eigenvalue weighted by atomic mass is 14.7. The molecule has 0 saturated carbocycles. The highest BCUT2D eigenvalue weighted by Crippen LogP contribution is 1.95. The molecule has 3 N–H and O–H groups in total. The summed E-state index contributed by atoms with van der Waals surface area (Å²) in [6.07, 6.45) is 5.16. The van der Waals surface area contributed by atoms with Crippen molar-refractivity contribution < 1.29 is 0 Å². The zero-order valence-corrected chi connectivity index (χ0v) is 7.61.